The van der Waals surface area contributed by atoms with Gasteiger partial charge in [0.25, 0.3) is 5.56 Å². The first-order valence-corrected chi connectivity index (χ1v) is 4.35. The van der Waals surface area contributed by atoms with Crippen LogP contribution in [0.3, 0.4) is 0 Å². The standard InChI is InChI=1S/C10H9N3O2/c11-7-3-1-2-6(4-7)8-5-12-10(15)13-9(8)14/h1-5H,11H2,(H2,12,13,14,15). The molecule has 0 saturated heterocycles. The minimum absolute atomic E-state index is 0.391. The first-order chi connectivity index (χ1) is 7.16. The lowest BCUT2D eigenvalue weighted by Crippen LogP contribution is -2.22. The predicted octanol–water partition coefficient (Wildman–Crippen LogP) is 0.312. The van der Waals surface area contributed by atoms with Crippen molar-refractivity contribution in [3.63, 3.8) is 0 Å². The van der Waals surface area contributed by atoms with Crippen LogP contribution >= 0.6 is 0 Å². The van der Waals surface area contributed by atoms with Crippen LogP contribution in [0, 0.1) is 0 Å². The Labute approximate surface area is 84.6 Å². The van der Waals surface area contributed by atoms with E-state index < -0.39 is 11.2 Å². The normalized spacial score (nSPS) is 10.1. The topological polar surface area (TPSA) is 91.7 Å². The first-order valence-electron chi connectivity index (χ1n) is 4.35. The molecule has 1 heterocycles. The molecule has 0 aliphatic rings. The highest BCUT2D eigenvalue weighted by molar-refractivity contribution is 5.65. The summed E-state index contributed by atoms with van der Waals surface area (Å²) in [4.78, 5) is 26.8. The van der Waals surface area contributed by atoms with Crippen molar-refractivity contribution in [3.05, 3.63) is 51.3 Å². The number of H-pyrrole nitrogens is 2. The molecule has 76 valence electrons. The van der Waals surface area contributed by atoms with Gasteiger partial charge in [0.15, 0.2) is 0 Å². The lowest BCUT2D eigenvalue weighted by Gasteiger charge is -2.00. The van der Waals surface area contributed by atoms with Crippen LogP contribution in [0.4, 0.5) is 5.69 Å². The van der Waals surface area contributed by atoms with Gasteiger partial charge in [-0.25, -0.2) is 4.79 Å². The first kappa shape index (κ1) is 9.26. The number of nitrogens with one attached hydrogen (secondary N) is 2. The van der Waals surface area contributed by atoms with E-state index in [1.165, 1.54) is 6.20 Å². The van der Waals surface area contributed by atoms with Gasteiger partial charge in [-0.2, -0.15) is 0 Å². The van der Waals surface area contributed by atoms with Gasteiger partial charge < -0.3 is 10.7 Å². The van der Waals surface area contributed by atoms with Gasteiger partial charge in [-0.15, -0.1) is 0 Å². The third-order valence-corrected chi connectivity index (χ3v) is 2.02. The van der Waals surface area contributed by atoms with Gasteiger partial charge in [0, 0.05) is 11.9 Å². The molecule has 1 aromatic carbocycles. The smallest absolute Gasteiger partial charge is 0.325 e. The summed E-state index contributed by atoms with van der Waals surface area (Å²) in [5.41, 5.74) is 6.28. The molecule has 2 rings (SSSR count). The Morgan fingerprint density at radius 2 is 2.00 bits per heavy atom. The molecule has 0 fully saturated rings. The maximum atomic E-state index is 11.4. The third kappa shape index (κ3) is 1.80. The van der Waals surface area contributed by atoms with Gasteiger partial charge in [-0.05, 0) is 17.7 Å². The molecule has 0 aliphatic heterocycles. The summed E-state index contributed by atoms with van der Waals surface area (Å²) in [6.45, 7) is 0. The fourth-order valence-corrected chi connectivity index (χ4v) is 1.33. The number of hydrogen-bond acceptors (Lipinski definition) is 3. The molecule has 0 spiro atoms. The average molecular weight is 203 g/mol. The van der Waals surface area contributed by atoms with Crippen LogP contribution in [-0.2, 0) is 0 Å². The molecule has 15 heavy (non-hydrogen) atoms. The van der Waals surface area contributed by atoms with Crippen LogP contribution in [0.5, 0.6) is 0 Å². The van der Waals surface area contributed by atoms with Crippen molar-refractivity contribution in [3.8, 4) is 11.1 Å². The number of nitrogens with two attached hydrogens (primary N) is 1. The van der Waals surface area contributed by atoms with E-state index in [-0.39, 0.29) is 0 Å². The molecule has 0 saturated carbocycles. The number of anilines is 1. The molecule has 0 amide bonds. The lowest BCUT2D eigenvalue weighted by molar-refractivity contribution is 1.04. The van der Waals surface area contributed by atoms with Crippen LogP contribution in [-0.4, -0.2) is 9.97 Å². The SMILES string of the molecule is Nc1cccc(-c2c[nH]c(=O)[nH]c2=O)c1. The molecular formula is C10H9N3O2. The summed E-state index contributed by atoms with van der Waals surface area (Å²) in [6, 6.07) is 6.89. The number of aromatic amines is 2. The summed E-state index contributed by atoms with van der Waals surface area (Å²) in [7, 11) is 0. The molecule has 1 aromatic heterocycles. The molecule has 5 heteroatoms. The summed E-state index contributed by atoms with van der Waals surface area (Å²) >= 11 is 0. The zero-order valence-corrected chi connectivity index (χ0v) is 7.78. The largest absolute Gasteiger partial charge is 0.399 e. The Hall–Kier alpha value is -2.30. The van der Waals surface area contributed by atoms with Gasteiger partial charge >= 0.3 is 5.69 Å². The van der Waals surface area contributed by atoms with Crippen LogP contribution < -0.4 is 17.0 Å². The summed E-state index contributed by atoms with van der Waals surface area (Å²) < 4.78 is 0. The molecule has 4 N–H and O–H groups in total. The van der Waals surface area contributed by atoms with E-state index in [4.69, 9.17) is 5.73 Å². The fraction of sp³-hybridized carbons (Fsp3) is 0. The zero-order chi connectivity index (χ0) is 10.8. The van der Waals surface area contributed by atoms with Crippen LogP contribution in [0.1, 0.15) is 0 Å². The number of rotatable bonds is 1. The maximum absolute atomic E-state index is 11.4. The van der Waals surface area contributed by atoms with Crippen molar-refractivity contribution in [2.24, 2.45) is 0 Å². The maximum Gasteiger partial charge on any atom is 0.325 e. The Bertz CT molecular complexity index is 598. The van der Waals surface area contributed by atoms with E-state index in [0.29, 0.717) is 16.8 Å². The minimum Gasteiger partial charge on any atom is -0.399 e. The Kier molecular flexibility index (Phi) is 2.13. The highest BCUT2D eigenvalue weighted by atomic mass is 16.2. The number of benzene rings is 1. The van der Waals surface area contributed by atoms with Crippen LogP contribution in [0.2, 0.25) is 0 Å². The van der Waals surface area contributed by atoms with Crippen molar-refractivity contribution < 1.29 is 0 Å². The van der Waals surface area contributed by atoms with Crippen LogP contribution in [0.15, 0.2) is 40.1 Å². The van der Waals surface area contributed by atoms with Crippen molar-refractivity contribution in [2.75, 3.05) is 5.73 Å². The van der Waals surface area contributed by atoms with Gasteiger partial charge in [0.2, 0.25) is 0 Å². The number of hydrogen-bond donors (Lipinski definition) is 3. The summed E-state index contributed by atoms with van der Waals surface area (Å²) in [5, 5.41) is 0. The Balaban J connectivity index is 2.64. The summed E-state index contributed by atoms with van der Waals surface area (Å²) in [5.74, 6) is 0. The van der Waals surface area contributed by atoms with E-state index in [1.54, 1.807) is 24.3 Å². The Morgan fingerprint density at radius 3 is 2.67 bits per heavy atom. The molecule has 0 atom stereocenters. The van der Waals surface area contributed by atoms with Crippen molar-refractivity contribution in [1.29, 1.82) is 0 Å². The van der Waals surface area contributed by atoms with E-state index >= 15 is 0 Å². The highest BCUT2D eigenvalue weighted by Crippen LogP contribution is 2.16. The molecular weight excluding hydrogens is 194 g/mol. The number of aromatic nitrogens is 2. The van der Waals surface area contributed by atoms with E-state index in [2.05, 4.69) is 9.97 Å². The number of nitrogen functional groups attached to an aromatic ring is 1. The quantitative estimate of drug-likeness (QED) is 0.582. The van der Waals surface area contributed by atoms with Gasteiger partial charge in [0.05, 0.1) is 5.56 Å². The second-order valence-electron chi connectivity index (χ2n) is 3.11. The Morgan fingerprint density at radius 1 is 1.20 bits per heavy atom. The van der Waals surface area contributed by atoms with Crippen molar-refractivity contribution in [2.45, 2.75) is 0 Å². The molecule has 0 unspecified atom stereocenters. The second kappa shape index (κ2) is 3.45. The minimum atomic E-state index is -0.521. The van der Waals surface area contributed by atoms with Crippen molar-refractivity contribution >= 4 is 5.69 Å². The summed E-state index contributed by atoms with van der Waals surface area (Å²) in [6.07, 6.45) is 1.37. The fourth-order valence-electron chi connectivity index (χ4n) is 1.33. The monoisotopic (exact) mass is 203 g/mol. The van der Waals surface area contributed by atoms with Crippen molar-refractivity contribution in [1.82, 2.24) is 9.97 Å². The van der Waals surface area contributed by atoms with Crippen LogP contribution in [0.25, 0.3) is 11.1 Å². The molecule has 0 radical (unpaired) electrons. The molecule has 0 aliphatic carbocycles. The van der Waals surface area contributed by atoms with Gasteiger partial charge in [-0.3, -0.25) is 9.78 Å². The average Bonchev–Trinajstić information content (AvgIpc) is 2.17. The predicted molar refractivity (Wildman–Crippen MR) is 57.5 cm³/mol. The second-order valence-corrected chi connectivity index (χ2v) is 3.11. The molecule has 0 bridgehead atoms. The lowest BCUT2D eigenvalue weighted by atomic mass is 10.1. The molecule has 2 aromatic rings. The van der Waals surface area contributed by atoms with E-state index in [1.807, 2.05) is 0 Å². The van der Waals surface area contributed by atoms with E-state index in [0.717, 1.165) is 0 Å². The highest BCUT2D eigenvalue weighted by Gasteiger charge is 2.03. The van der Waals surface area contributed by atoms with Gasteiger partial charge in [0.1, 0.15) is 0 Å². The molecule has 5 nitrogen and oxygen atoms in total. The van der Waals surface area contributed by atoms with Gasteiger partial charge in [-0.1, -0.05) is 12.1 Å². The van der Waals surface area contributed by atoms with E-state index in [9.17, 15) is 9.59 Å². The third-order valence-electron chi connectivity index (χ3n) is 2.02. The zero-order valence-electron chi connectivity index (χ0n) is 7.78.